The van der Waals surface area contributed by atoms with Crippen molar-refractivity contribution in [2.75, 3.05) is 18.9 Å². The van der Waals surface area contributed by atoms with Gasteiger partial charge in [0.15, 0.2) is 0 Å². The number of nitrogens with one attached hydrogen (secondary N) is 2. The Balaban J connectivity index is 2.55. The summed E-state index contributed by atoms with van der Waals surface area (Å²) in [4.78, 5) is 12.2. The SMILES string of the molecule is CCCCCC(C)(C)CNC(=O)c1ccc(NC)c(C)c1. The third-order valence-corrected chi connectivity index (χ3v) is 3.94. The zero-order chi connectivity index (χ0) is 15.9. The standard InChI is InChI=1S/C18H30N2O/c1-6-7-8-11-18(3,4)13-20-17(21)15-9-10-16(19-5)14(2)12-15/h9-10,12,19H,6-8,11,13H2,1-5H3,(H,20,21). The number of carbonyl (C=O) groups excluding carboxylic acids is 1. The van der Waals surface area contributed by atoms with E-state index in [-0.39, 0.29) is 11.3 Å². The second kappa shape index (κ2) is 8.06. The molecule has 0 saturated heterocycles. The summed E-state index contributed by atoms with van der Waals surface area (Å²) in [5.74, 6) is 0.0179. The summed E-state index contributed by atoms with van der Waals surface area (Å²) in [6.07, 6.45) is 4.88. The fourth-order valence-corrected chi connectivity index (χ4v) is 2.45. The Hall–Kier alpha value is -1.51. The molecule has 3 nitrogen and oxygen atoms in total. The molecule has 0 aromatic heterocycles. The third-order valence-electron chi connectivity index (χ3n) is 3.94. The van der Waals surface area contributed by atoms with Gasteiger partial charge in [-0.05, 0) is 42.5 Å². The number of carbonyl (C=O) groups is 1. The predicted octanol–water partition coefficient (Wildman–Crippen LogP) is 4.37. The van der Waals surface area contributed by atoms with Crippen molar-refractivity contribution in [2.24, 2.45) is 5.41 Å². The van der Waals surface area contributed by atoms with Crippen molar-refractivity contribution >= 4 is 11.6 Å². The van der Waals surface area contributed by atoms with Crippen LogP contribution >= 0.6 is 0 Å². The van der Waals surface area contributed by atoms with Crippen LogP contribution in [0.2, 0.25) is 0 Å². The lowest BCUT2D eigenvalue weighted by Crippen LogP contribution is -2.34. The van der Waals surface area contributed by atoms with E-state index in [2.05, 4.69) is 31.4 Å². The van der Waals surface area contributed by atoms with E-state index in [9.17, 15) is 4.79 Å². The van der Waals surface area contributed by atoms with Crippen LogP contribution < -0.4 is 10.6 Å². The van der Waals surface area contributed by atoms with E-state index in [1.807, 2.05) is 32.2 Å². The van der Waals surface area contributed by atoms with E-state index in [4.69, 9.17) is 0 Å². The molecule has 0 fully saturated rings. The smallest absolute Gasteiger partial charge is 0.251 e. The number of benzene rings is 1. The van der Waals surface area contributed by atoms with Gasteiger partial charge in [-0.1, -0.05) is 40.0 Å². The maximum atomic E-state index is 12.2. The first-order chi connectivity index (χ1) is 9.89. The maximum absolute atomic E-state index is 12.2. The highest BCUT2D eigenvalue weighted by molar-refractivity contribution is 5.94. The topological polar surface area (TPSA) is 41.1 Å². The van der Waals surface area contributed by atoms with Crippen LogP contribution in [0.3, 0.4) is 0 Å². The van der Waals surface area contributed by atoms with E-state index < -0.39 is 0 Å². The van der Waals surface area contributed by atoms with Crippen molar-refractivity contribution in [1.82, 2.24) is 5.32 Å². The van der Waals surface area contributed by atoms with Crippen molar-refractivity contribution in [3.8, 4) is 0 Å². The van der Waals surface area contributed by atoms with Crippen LogP contribution in [0.1, 0.15) is 62.4 Å². The van der Waals surface area contributed by atoms with Gasteiger partial charge in [-0.15, -0.1) is 0 Å². The number of amides is 1. The van der Waals surface area contributed by atoms with Gasteiger partial charge in [-0.3, -0.25) is 4.79 Å². The summed E-state index contributed by atoms with van der Waals surface area (Å²) in [6, 6.07) is 5.76. The van der Waals surface area contributed by atoms with E-state index >= 15 is 0 Å². The van der Waals surface area contributed by atoms with Crippen molar-refractivity contribution in [3.05, 3.63) is 29.3 Å². The summed E-state index contributed by atoms with van der Waals surface area (Å²) in [5, 5.41) is 6.19. The zero-order valence-corrected chi connectivity index (χ0v) is 14.2. The van der Waals surface area contributed by atoms with Gasteiger partial charge < -0.3 is 10.6 Å². The molecule has 0 atom stereocenters. The number of hydrogen-bond acceptors (Lipinski definition) is 2. The summed E-state index contributed by atoms with van der Waals surface area (Å²) in [6.45, 7) is 9.39. The lowest BCUT2D eigenvalue weighted by atomic mass is 9.87. The molecule has 0 aliphatic heterocycles. The molecule has 1 rings (SSSR count). The van der Waals surface area contributed by atoms with Gasteiger partial charge in [-0.2, -0.15) is 0 Å². The molecule has 1 aromatic rings. The third kappa shape index (κ3) is 5.78. The van der Waals surface area contributed by atoms with Crippen LogP contribution in [0.15, 0.2) is 18.2 Å². The number of unbranched alkanes of at least 4 members (excludes halogenated alkanes) is 2. The van der Waals surface area contributed by atoms with Crippen molar-refractivity contribution in [3.63, 3.8) is 0 Å². The van der Waals surface area contributed by atoms with Crippen LogP contribution in [-0.2, 0) is 0 Å². The Bertz CT molecular complexity index is 466. The molecule has 1 amide bonds. The lowest BCUT2D eigenvalue weighted by molar-refractivity contribution is 0.0934. The normalized spacial score (nSPS) is 11.3. The first-order valence-electron chi connectivity index (χ1n) is 7.96. The summed E-state index contributed by atoms with van der Waals surface area (Å²) < 4.78 is 0. The minimum atomic E-state index is 0.0179. The number of hydrogen-bond donors (Lipinski definition) is 2. The predicted molar refractivity (Wildman–Crippen MR) is 91.0 cm³/mol. The molecular formula is C18H30N2O. The molecule has 0 radical (unpaired) electrons. The Morgan fingerprint density at radius 1 is 1.24 bits per heavy atom. The first kappa shape index (κ1) is 17.5. The van der Waals surface area contributed by atoms with E-state index in [1.165, 1.54) is 19.3 Å². The molecule has 0 saturated carbocycles. The molecule has 21 heavy (non-hydrogen) atoms. The highest BCUT2D eigenvalue weighted by Crippen LogP contribution is 2.23. The highest BCUT2D eigenvalue weighted by Gasteiger charge is 2.18. The second-order valence-corrected chi connectivity index (χ2v) is 6.58. The van der Waals surface area contributed by atoms with Gasteiger partial charge in [0.05, 0.1) is 0 Å². The minimum Gasteiger partial charge on any atom is -0.388 e. The molecule has 0 aliphatic carbocycles. The fraction of sp³-hybridized carbons (Fsp3) is 0.611. The van der Waals surface area contributed by atoms with Gasteiger partial charge in [0.25, 0.3) is 5.91 Å². The lowest BCUT2D eigenvalue weighted by Gasteiger charge is -2.25. The fourth-order valence-electron chi connectivity index (χ4n) is 2.45. The van der Waals surface area contributed by atoms with Gasteiger partial charge in [0, 0.05) is 24.8 Å². The Labute approximate surface area is 129 Å². The quantitative estimate of drug-likeness (QED) is 0.698. The average Bonchev–Trinajstić information content (AvgIpc) is 2.45. The first-order valence-corrected chi connectivity index (χ1v) is 7.96. The van der Waals surface area contributed by atoms with Gasteiger partial charge in [0.2, 0.25) is 0 Å². The zero-order valence-electron chi connectivity index (χ0n) is 14.2. The van der Waals surface area contributed by atoms with Gasteiger partial charge in [-0.25, -0.2) is 0 Å². The van der Waals surface area contributed by atoms with Crippen LogP contribution in [0.25, 0.3) is 0 Å². The molecule has 1 aromatic carbocycles. The van der Waals surface area contributed by atoms with E-state index in [0.717, 1.165) is 29.8 Å². The molecular weight excluding hydrogens is 260 g/mol. The molecule has 0 heterocycles. The monoisotopic (exact) mass is 290 g/mol. The van der Waals surface area contributed by atoms with Crippen LogP contribution in [0.4, 0.5) is 5.69 Å². The van der Waals surface area contributed by atoms with Crippen molar-refractivity contribution in [2.45, 2.75) is 53.4 Å². The van der Waals surface area contributed by atoms with Crippen LogP contribution in [0.5, 0.6) is 0 Å². The maximum Gasteiger partial charge on any atom is 0.251 e. The molecule has 0 aliphatic rings. The molecule has 2 N–H and O–H groups in total. The second-order valence-electron chi connectivity index (χ2n) is 6.58. The molecule has 118 valence electrons. The van der Waals surface area contributed by atoms with Gasteiger partial charge in [0.1, 0.15) is 0 Å². The molecule has 0 spiro atoms. The van der Waals surface area contributed by atoms with Crippen molar-refractivity contribution in [1.29, 1.82) is 0 Å². The van der Waals surface area contributed by atoms with E-state index in [0.29, 0.717) is 0 Å². The van der Waals surface area contributed by atoms with Crippen LogP contribution in [0, 0.1) is 12.3 Å². The summed E-state index contributed by atoms with van der Waals surface area (Å²) in [5.41, 5.74) is 3.04. The number of anilines is 1. The molecule has 3 heteroatoms. The Morgan fingerprint density at radius 3 is 2.52 bits per heavy atom. The number of aryl methyl sites for hydroxylation is 1. The van der Waals surface area contributed by atoms with Crippen LogP contribution in [-0.4, -0.2) is 19.5 Å². The summed E-state index contributed by atoms with van der Waals surface area (Å²) in [7, 11) is 1.89. The summed E-state index contributed by atoms with van der Waals surface area (Å²) >= 11 is 0. The molecule has 0 unspecified atom stereocenters. The minimum absolute atomic E-state index is 0.0179. The Morgan fingerprint density at radius 2 is 1.95 bits per heavy atom. The van der Waals surface area contributed by atoms with E-state index in [1.54, 1.807) is 0 Å². The van der Waals surface area contributed by atoms with Crippen molar-refractivity contribution < 1.29 is 4.79 Å². The molecule has 0 bridgehead atoms. The average molecular weight is 290 g/mol. The highest BCUT2D eigenvalue weighted by atomic mass is 16.1. The number of rotatable bonds is 8. The largest absolute Gasteiger partial charge is 0.388 e. The Kier molecular flexibility index (Phi) is 6.73. The van der Waals surface area contributed by atoms with Gasteiger partial charge >= 0.3 is 0 Å².